The number of nitrogens with two attached hydrogens (primary N) is 2. The molecule has 0 bridgehead atoms. The maximum Gasteiger partial charge on any atom is 0.119 e. The second-order valence-electron chi connectivity index (χ2n) is 6.67. The molecule has 0 fully saturated rings. The predicted octanol–water partition coefficient (Wildman–Crippen LogP) is 3.97. The molecule has 4 N–H and O–H groups in total. The summed E-state index contributed by atoms with van der Waals surface area (Å²) in [5.41, 5.74) is 15.7. The van der Waals surface area contributed by atoms with E-state index in [-0.39, 0.29) is 0 Å². The highest BCUT2D eigenvalue weighted by Crippen LogP contribution is 2.14. The van der Waals surface area contributed by atoms with Crippen molar-refractivity contribution in [1.29, 1.82) is 0 Å². The van der Waals surface area contributed by atoms with E-state index in [1.54, 1.807) is 0 Å². The highest BCUT2D eigenvalue weighted by Gasteiger charge is 2.07. The van der Waals surface area contributed by atoms with Gasteiger partial charge in [-0.05, 0) is 53.9 Å². The molecule has 0 saturated carbocycles. The number of rotatable bonds is 9. The van der Waals surface area contributed by atoms with E-state index in [0.29, 0.717) is 6.61 Å². The number of nitrogen functional groups attached to an aromatic ring is 2. The van der Waals surface area contributed by atoms with Crippen LogP contribution >= 0.6 is 0 Å². The molecular weight excluding hydrogens is 334 g/mol. The fraction of sp³-hybridized carbons (Fsp3) is 0.217. The number of nitrogens with zero attached hydrogens (tertiary/aromatic N) is 1. The highest BCUT2D eigenvalue weighted by molar-refractivity contribution is 5.41. The van der Waals surface area contributed by atoms with Crippen LogP contribution in [-0.2, 0) is 13.0 Å². The van der Waals surface area contributed by atoms with Gasteiger partial charge >= 0.3 is 0 Å². The first-order valence-electron chi connectivity index (χ1n) is 9.28. The summed E-state index contributed by atoms with van der Waals surface area (Å²) >= 11 is 0. The predicted molar refractivity (Wildman–Crippen MR) is 113 cm³/mol. The molecule has 0 unspecified atom stereocenters. The van der Waals surface area contributed by atoms with Crippen molar-refractivity contribution in [2.45, 2.75) is 13.0 Å². The van der Waals surface area contributed by atoms with Gasteiger partial charge in [-0.2, -0.15) is 0 Å². The minimum atomic E-state index is 0.637. The van der Waals surface area contributed by atoms with E-state index in [9.17, 15) is 0 Å². The minimum Gasteiger partial charge on any atom is -0.492 e. The van der Waals surface area contributed by atoms with Crippen LogP contribution in [0.1, 0.15) is 11.1 Å². The maximum absolute atomic E-state index is 5.88. The van der Waals surface area contributed by atoms with E-state index in [4.69, 9.17) is 16.2 Å². The number of hydrogen-bond donors (Lipinski definition) is 2. The molecule has 0 aliphatic rings. The van der Waals surface area contributed by atoms with E-state index in [2.05, 4.69) is 41.3 Å². The third-order valence-electron chi connectivity index (χ3n) is 4.50. The van der Waals surface area contributed by atoms with Crippen LogP contribution in [0, 0.1) is 0 Å². The van der Waals surface area contributed by atoms with Crippen LogP contribution in [0.25, 0.3) is 0 Å². The Bertz CT molecular complexity index is 801. The molecular formula is C23H27N3O. The number of hydrogen-bond acceptors (Lipinski definition) is 4. The largest absolute Gasteiger partial charge is 0.492 e. The van der Waals surface area contributed by atoms with Gasteiger partial charge in [0, 0.05) is 31.0 Å². The van der Waals surface area contributed by atoms with Crippen LogP contribution in [0.4, 0.5) is 11.4 Å². The second kappa shape index (κ2) is 9.64. The lowest BCUT2D eigenvalue weighted by molar-refractivity contribution is 0.204. The quantitative estimate of drug-likeness (QED) is 0.566. The Morgan fingerprint density at radius 2 is 1.30 bits per heavy atom. The summed E-state index contributed by atoms with van der Waals surface area (Å²) in [5.74, 6) is 0.849. The van der Waals surface area contributed by atoms with Crippen LogP contribution < -0.4 is 16.2 Å². The van der Waals surface area contributed by atoms with E-state index in [1.807, 2.05) is 42.5 Å². The number of benzene rings is 3. The molecule has 4 nitrogen and oxygen atoms in total. The molecule has 0 spiro atoms. The van der Waals surface area contributed by atoms with Crippen molar-refractivity contribution in [3.05, 3.63) is 90.0 Å². The van der Waals surface area contributed by atoms with Crippen molar-refractivity contribution in [2.24, 2.45) is 0 Å². The smallest absolute Gasteiger partial charge is 0.119 e. The Morgan fingerprint density at radius 3 is 1.96 bits per heavy atom. The maximum atomic E-state index is 5.88. The molecule has 0 atom stereocenters. The Labute approximate surface area is 161 Å². The van der Waals surface area contributed by atoms with Crippen LogP contribution in [0.5, 0.6) is 5.75 Å². The summed E-state index contributed by atoms with van der Waals surface area (Å²) in [6, 6.07) is 26.2. The third kappa shape index (κ3) is 6.35. The van der Waals surface area contributed by atoms with Gasteiger partial charge in [0.2, 0.25) is 0 Å². The van der Waals surface area contributed by atoms with Crippen LogP contribution in [0.15, 0.2) is 78.9 Å². The van der Waals surface area contributed by atoms with Gasteiger partial charge in [0.25, 0.3) is 0 Å². The van der Waals surface area contributed by atoms with Gasteiger partial charge in [0.15, 0.2) is 0 Å². The average Bonchev–Trinajstić information content (AvgIpc) is 2.69. The normalized spacial score (nSPS) is 10.9. The second-order valence-corrected chi connectivity index (χ2v) is 6.67. The zero-order valence-corrected chi connectivity index (χ0v) is 15.6. The molecule has 3 aromatic carbocycles. The molecule has 0 aliphatic carbocycles. The fourth-order valence-corrected chi connectivity index (χ4v) is 2.94. The van der Waals surface area contributed by atoms with Gasteiger partial charge in [-0.3, -0.25) is 4.90 Å². The molecule has 3 aromatic rings. The Hall–Kier alpha value is -2.98. The molecule has 0 saturated heterocycles. The summed E-state index contributed by atoms with van der Waals surface area (Å²) in [6.07, 6.45) is 0.981. The van der Waals surface area contributed by atoms with E-state index >= 15 is 0 Å². The van der Waals surface area contributed by atoms with Gasteiger partial charge in [0.05, 0.1) is 0 Å². The lowest BCUT2D eigenvalue weighted by Crippen LogP contribution is -2.30. The summed E-state index contributed by atoms with van der Waals surface area (Å²) in [4.78, 5) is 2.42. The lowest BCUT2D eigenvalue weighted by atomic mass is 10.1. The summed E-state index contributed by atoms with van der Waals surface area (Å²) in [5, 5.41) is 0. The molecule has 4 heteroatoms. The van der Waals surface area contributed by atoms with Crippen molar-refractivity contribution in [1.82, 2.24) is 4.90 Å². The summed E-state index contributed by atoms with van der Waals surface area (Å²) in [6.45, 7) is 3.36. The van der Waals surface area contributed by atoms with Gasteiger partial charge in [-0.25, -0.2) is 0 Å². The molecule has 0 amide bonds. The first-order chi connectivity index (χ1) is 13.2. The fourth-order valence-electron chi connectivity index (χ4n) is 2.94. The Balaban J connectivity index is 1.56. The SMILES string of the molecule is Nc1ccc(CCN(CCOc2ccc(N)cc2)Cc2ccccc2)cc1. The van der Waals surface area contributed by atoms with Crippen molar-refractivity contribution >= 4 is 11.4 Å². The van der Waals surface area contributed by atoms with E-state index < -0.39 is 0 Å². The third-order valence-corrected chi connectivity index (χ3v) is 4.50. The summed E-state index contributed by atoms with van der Waals surface area (Å²) < 4.78 is 5.88. The molecule has 27 heavy (non-hydrogen) atoms. The zero-order valence-electron chi connectivity index (χ0n) is 15.6. The van der Waals surface area contributed by atoms with Crippen molar-refractivity contribution < 1.29 is 4.74 Å². The Kier molecular flexibility index (Phi) is 6.72. The number of anilines is 2. The minimum absolute atomic E-state index is 0.637. The van der Waals surface area contributed by atoms with Crippen LogP contribution in [-0.4, -0.2) is 24.6 Å². The topological polar surface area (TPSA) is 64.5 Å². The zero-order chi connectivity index (χ0) is 18.9. The number of ether oxygens (including phenoxy) is 1. The lowest BCUT2D eigenvalue weighted by Gasteiger charge is -2.23. The highest BCUT2D eigenvalue weighted by atomic mass is 16.5. The van der Waals surface area contributed by atoms with Crippen molar-refractivity contribution in [2.75, 3.05) is 31.2 Å². The van der Waals surface area contributed by atoms with Crippen molar-refractivity contribution in [3.8, 4) is 5.75 Å². The monoisotopic (exact) mass is 361 g/mol. The van der Waals surface area contributed by atoms with Gasteiger partial charge in [-0.15, -0.1) is 0 Å². The van der Waals surface area contributed by atoms with Gasteiger partial charge in [-0.1, -0.05) is 42.5 Å². The van der Waals surface area contributed by atoms with Gasteiger partial charge < -0.3 is 16.2 Å². The molecule has 3 rings (SSSR count). The Morgan fingerprint density at radius 1 is 0.667 bits per heavy atom. The first-order valence-corrected chi connectivity index (χ1v) is 9.28. The van der Waals surface area contributed by atoms with Crippen LogP contribution in [0.3, 0.4) is 0 Å². The summed E-state index contributed by atoms with van der Waals surface area (Å²) in [7, 11) is 0. The van der Waals surface area contributed by atoms with Crippen molar-refractivity contribution in [3.63, 3.8) is 0 Å². The average molecular weight is 361 g/mol. The molecule has 0 aliphatic heterocycles. The molecule has 0 aromatic heterocycles. The van der Waals surface area contributed by atoms with Gasteiger partial charge in [0.1, 0.15) is 12.4 Å². The van der Waals surface area contributed by atoms with E-state index in [1.165, 1.54) is 11.1 Å². The van der Waals surface area contributed by atoms with Crippen LogP contribution in [0.2, 0.25) is 0 Å². The molecule has 140 valence electrons. The first kappa shape index (κ1) is 18.8. The molecule has 0 heterocycles. The standard InChI is InChI=1S/C23H27N3O/c24-21-8-6-19(7-9-21)14-15-26(18-20-4-2-1-3-5-20)16-17-27-23-12-10-22(25)11-13-23/h1-13H,14-18,24-25H2. The van der Waals surface area contributed by atoms with E-state index in [0.717, 1.165) is 43.2 Å². The molecule has 0 radical (unpaired) electrons.